The number of phenolic OH excluding ortho intramolecular Hbond substituents is 1. The minimum Gasteiger partial charge on any atom is -0.503 e. The molecule has 0 aliphatic heterocycles. The van der Waals surface area contributed by atoms with E-state index in [1.54, 1.807) is 0 Å². The summed E-state index contributed by atoms with van der Waals surface area (Å²) in [6, 6.07) is 0. The van der Waals surface area contributed by atoms with Crippen LogP contribution in [0.15, 0.2) is 0 Å². The second-order valence-electron chi connectivity index (χ2n) is 2.60. The Bertz CT molecular complexity index is 399. The summed E-state index contributed by atoms with van der Waals surface area (Å²) in [5.74, 6) is -11.4. The largest absolute Gasteiger partial charge is 0.503 e. The van der Waals surface area contributed by atoms with Crippen molar-refractivity contribution >= 4 is 5.69 Å². The Morgan fingerprint density at radius 2 is 1.31 bits per heavy atom. The number of nitrogens with one attached hydrogen (secondary N) is 1. The van der Waals surface area contributed by atoms with Gasteiger partial charge in [0.2, 0.25) is 11.6 Å². The molecule has 0 spiro atoms. The summed E-state index contributed by atoms with van der Waals surface area (Å²) < 4.78 is 85.6. The molecule has 1 aromatic rings. The minimum atomic E-state index is -5.27. The van der Waals surface area contributed by atoms with Gasteiger partial charge in [0.05, 0.1) is 0 Å². The molecule has 0 fully saturated rings. The van der Waals surface area contributed by atoms with Crippen molar-refractivity contribution < 1.29 is 35.8 Å². The van der Waals surface area contributed by atoms with E-state index in [0.29, 0.717) is 5.32 Å². The first-order valence-corrected chi connectivity index (χ1v) is 3.55. The third-order valence-electron chi connectivity index (χ3n) is 1.51. The van der Waals surface area contributed by atoms with Gasteiger partial charge < -0.3 is 5.11 Å². The van der Waals surface area contributed by atoms with Crippen LogP contribution in [0, 0.1) is 23.3 Å². The molecule has 0 radical (unpaired) electrons. The van der Waals surface area contributed by atoms with Gasteiger partial charge >= 0.3 is 6.30 Å². The molecule has 0 saturated heterocycles. The average molecular weight is 249 g/mol. The zero-order valence-electron chi connectivity index (χ0n) is 7.09. The predicted molar refractivity (Wildman–Crippen MR) is 37.6 cm³/mol. The highest BCUT2D eigenvalue weighted by Crippen LogP contribution is 2.34. The quantitative estimate of drug-likeness (QED) is 0.347. The number of benzene rings is 1. The summed E-state index contributed by atoms with van der Waals surface area (Å²) in [4.78, 5) is 0. The van der Waals surface area contributed by atoms with Gasteiger partial charge in [0.25, 0.3) is 0 Å². The van der Waals surface area contributed by atoms with Crippen LogP contribution >= 0.6 is 0 Å². The van der Waals surface area contributed by atoms with Crippen molar-refractivity contribution in [1.82, 2.24) is 0 Å². The summed E-state index contributed by atoms with van der Waals surface area (Å²) >= 11 is 0. The second kappa shape index (κ2) is 3.72. The van der Waals surface area contributed by atoms with Crippen molar-refractivity contribution in [3.05, 3.63) is 23.3 Å². The third kappa shape index (κ3) is 2.12. The lowest BCUT2D eigenvalue weighted by molar-refractivity contribution is -0.100. The highest BCUT2D eigenvalue weighted by Gasteiger charge is 2.34. The first-order chi connectivity index (χ1) is 7.15. The van der Waals surface area contributed by atoms with Gasteiger partial charge in [0, 0.05) is 0 Å². The molecule has 0 unspecified atom stereocenters. The highest BCUT2D eigenvalue weighted by molar-refractivity contribution is 5.52. The Hall–Kier alpha value is -1.67. The molecule has 90 valence electrons. The van der Waals surface area contributed by atoms with Gasteiger partial charge in [-0.05, 0) is 0 Å². The molecular weight excluding hydrogens is 247 g/mol. The van der Waals surface area contributed by atoms with E-state index in [-0.39, 0.29) is 0 Å². The van der Waals surface area contributed by atoms with Crippen LogP contribution in [-0.2, 0) is 0 Å². The first kappa shape index (κ1) is 12.4. The van der Waals surface area contributed by atoms with E-state index in [1.807, 2.05) is 0 Å². The number of phenols is 1. The maximum Gasteiger partial charge on any atom is 0.482 e. The van der Waals surface area contributed by atoms with Gasteiger partial charge in [-0.3, -0.25) is 5.32 Å². The molecule has 1 rings (SSSR count). The van der Waals surface area contributed by atoms with Crippen molar-refractivity contribution in [3.8, 4) is 5.75 Å². The number of halogens is 7. The van der Waals surface area contributed by atoms with Crippen LogP contribution in [0.1, 0.15) is 0 Å². The molecule has 0 aliphatic rings. The van der Waals surface area contributed by atoms with E-state index in [0.717, 1.165) is 0 Å². The second-order valence-corrected chi connectivity index (χ2v) is 2.60. The van der Waals surface area contributed by atoms with Crippen LogP contribution in [-0.4, -0.2) is 11.4 Å². The van der Waals surface area contributed by atoms with Crippen LogP contribution in [0.5, 0.6) is 5.75 Å². The van der Waals surface area contributed by atoms with Gasteiger partial charge in [-0.2, -0.15) is 17.6 Å². The molecule has 0 atom stereocenters. The molecule has 0 bridgehead atoms. The molecule has 2 N–H and O–H groups in total. The lowest BCUT2D eigenvalue weighted by atomic mass is 10.2. The Morgan fingerprint density at radius 1 is 0.812 bits per heavy atom. The molecule has 16 heavy (non-hydrogen) atoms. The molecule has 0 heterocycles. The fraction of sp³-hybridized carbons (Fsp3) is 0.143. The lowest BCUT2D eigenvalue weighted by Gasteiger charge is -2.13. The van der Waals surface area contributed by atoms with Crippen molar-refractivity contribution in [3.63, 3.8) is 0 Å². The highest BCUT2D eigenvalue weighted by atomic mass is 19.4. The minimum absolute atomic E-state index is 0.310. The molecule has 1 aromatic carbocycles. The Labute approximate surface area is 83.3 Å². The average Bonchev–Trinajstić information content (AvgIpc) is 2.17. The summed E-state index contributed by atoms with van der Waals surface area (Å²) in [6.07, 6.45) is -5.27. The smallest absolute Gasteiger partial charge is 0.482 e. The van der Waals surface area contributed by atoms with Crippen molar-refractivity contribution in [2.45, 2.75) is 6.30 Å². The summed E-state index contributed by atoms with van der Waals surface area (Å²) in [7, 11) is 0. The van der Waals surface area contributed by atoms with E-state index >= 15 is 0 Å². The van der Waals surface area contributed by atoms with E-state index in [9.17, 15) is 30.7 Å². The zero-order chi connectivity index (χ0) is 12.7. The van der Waals surface area contributed by atoms with Crippen molar-refractivity contribution in [2.24, 2.45) is 0 Å². The number of hydrogen-bond donors (Lipinski definition) is 2. The molecular formula is C7H2F7NO. The number of rotatable bonds is 1. The molecule has 0 aliphatic carbocycles. The van der Waals surface area contributed by atoms with E-state index in [4.69, 9.17) is 5.11 Å². The van der Waals surface area contributed by atoms with E-state index in [2.05, 4.69) is 0 Å². The number of alkyl halides is 3. The van der Waals surface area contributed by atoms with Crippen LogP contribution in [0.25, 0.3) is 0 Å². The molecule has 0 amide bonds. The molecule has 9 heteroatoms. The molecule has 2 nitrogen and oxygen atoms in total. The van der Waals surface area contributed by atoms with E-state index < -0.39 is 41.0 Å². The number of anilines is 1. The summed E-state index contributed by atoms with van der Waals surface area (Å²) in [5.41, 5.74) is -2.01. The third-order valence-corrected chi connectivity index (χ3v) is 1.51. The van der Waals surface area contributed by atoms with Gasteiger partial charge in [-0.15, -0.1) is 0 Å². The standard InChI is InChI=1S/C7H2F7NO/c8-1-2(9)5(15-7(12,13)14)4(11)6(16)3(1)10/h15-16H. The Morgan fingerprint density at radius 3 is 1.75 bits per heavy atom. The van der Waals surface area contributed by atoms with Crippen LogP contribution in [0.3, 0.4) is 0 Å². The fourth-order valence-electron chi connectivity index (χ4n) is 0.873. The Balaban J connectivity index is 3.40. The first-order valence-electron chi connectivity index (χ1n) is 3.55. The van der Waals surface area contributed by atoms with Gasteiger partial charge in [-0.25, -0.2) is 13.2 Å². The topological polar surface area (TPSA) is 32.3 Å². The normalized spacial score (nSPS) is 11.7. The molecule has 0 aromatic heterocycles. The summed E-state index contributed by atoms with van der Waals surface area (Å²) in [6.45, 7) is 0. The lowest BCUT2D eigenvalue weighted by Crippen LogP contribution is -2.23. The van der Waals surface area contributed by atoms with Gasteiger partial charge in [0.15, 0.2) is 17.4 Å². The SMILES string of the molecule is Oc1c(F)c(F)c(F)c(NC(F)(F)F)c1F. The van der Waals surface area contributed by atoms with E-state index in [1.165, 1.54) is 0 Å². The van der Waals surface area contributed by atoms with Gasteiger partial charge in [-0.1, -0.05) is 0 Å². The summed E-state index contributed by atoms with van der Waals surface area (Å²) in [5, 5.41) is 8.84. The monoisotopic (exact) mass is 249 g/mol. The van der Waals surface area contributed by atoms with Crippen LogP contribution in [0.2, 0.25) is 0 Å². The van der Waals surface area contributed by atoms with Crippen LogP contribution in [0.4, 0.5) is 36.4 Å². The predicted octanol–water partition coefficient (Wildman–Crippen LogP) is 2.88. The van der Waals surface area contributed by atoms with Crippen molar-refractivity contribution in [2.75, 3.05) is 5.32 Å². The Kier molecular flexibility index (Phi) is 2.89. The van der Waals surface area contributed by atoms with Crippen molar-refractivity contribution in [1.29, 1.82) is 0 Å². The van der Waals surface area contributed by atoms with Gasteiger partial charge in [0.1, 0.15) is 5.69 Å². The maximum atomic E-state index is 12.8. The maximum absolute atomic E-state index is 12.8. The van der Waals surface area contributed by atoms with Crippen LogP contribution < -0.4 is 5.32 Å². The molecule has 0 saturated carbocycles. The number of hydrogen-bond acceptors (Lipinski definition) is 2. The fourth-order valence-corrected chi connectivity index (χ4v) is 0.873. The number of aromatic hydroxyl groups is 1. The zero-order valence-corrected chi connectivity index (χ0v) is 7.09.